The van der Waals surface area contributed by atoms with E-state index in [0.717, 1.165) is 6.20 Å². The van der Waals surface area contributed by atoms with Gasteiger partial charge in [0.1, 0.15) is 6.10 Å². The Labute approximate surface area is 103 Å². The standard InChI is InChI=1S/C8H13NO7P2/c1-17(12,13)8(11,18(14,15)16)7(10)6-3-2-4-9-5-6/h2-5,7,10-11H,1H3,(H,12,13)(H2,14,15,16). The number of hydrogen-bond acceptors (Lipinski definition) is 5. The molecule has 8 nitrogen and oxygen atoms in total. The lowest BCUT2D eigenvalue weighted by Crippen LogP contribution is -2.36. The third kappa shape index (κ3) is 2.55. The monoisotopic (exact) mass is 297 g/mol. The summed E-state index contributed by atoms with van der Waals surface area (Å²) in [7, 11) is -10.2. The van der Waals surface area contributed by atoms with Crippen molar-refractivity contribution in [3.63, 3.8) is 0 Å². The van der Waals surface area contributed by atoms with Gasteiger partial charge in [-0.2, -0.15) is 0 Å². The van der Waals surface area contributed by atoms with Gasteiger partial charge in [-0.1, -0.05) is 6.07 Å². The van der Waals surface area contributed by atoms with Gasteiger partial charge in [0, 0.05) is 24.6 Å². The fraction of sp³-hybridized carbons (Fsp3) is 0.375. The van der Waals surface area contributed by atoms with E-state index in [1.54, 1.807) is 0 Å². The van der Waals surface area contributed by atoms with Gasteiger partial charge < -0.3 is 24.9 Å². The Morgan fingerprint density at radius 2 is 1.89 bits per heavy atom. The number of aromatic nitrogens is 1. The van der Waals surface area contributed by atoms with Gasteiger partial charge in [-0.25, -0.2) is 0 Å². The molecular formula is C8H13NO7P2. The minimum Gasteiger partial charge on any atom is -0.384 e. The summed E-state index contributed by atoms with van der Waals surface area (Å²) in [5, 5.41) is 16.2. The average molecular weight is 297 g/mol. The van der Waals surface area contributed by atoms with Crippen molar-refractivity contribution in [2.45, 2.75) is 11.2 Å². The molecule has 0 spiro atoms. The highest BCUT2D eigenvalue weighted by Gasteiger charge is 2.62. The predicted octanol–water partition coefficient (Wildman–Crippen LogP) is -0.161. The Balaban J connectivity index is 3.40. The number of rotatable bonds is 4. The third-order valence-corrected chi connectivity index (χ3v) is 6.87. The molecule has 18 heavy (non-hydrogen) atoms. The maximum absolute atomic E-state index is 11.5. The molecule has 0 bridgehead atoms. The first-order chi connectivity index (χ1) is 8.02. The summed E-state index contributed by atoms with van der Waals surface area (Å²) in [6.07, 6.45) is 0.117. The summed E-state index contributed by atoms with van der Waals surface area (Å²) in [5.74, 6) is 0. The zero-order valence-electron chi connectivity index (χ0n) is 9.28. The molecule has 1 rings (SSSR count). The molecule has 0 aliphatic heterocycles. The second-order valence-corrected chi connectivity index (χ2v) is 8.36. The van der Waals surface area contributed by atoms with Crippen LogP contribution in [0.5, 0.6) is 0 Å². The Bertz CT molecular complexity index is 485. The highest BCUT2D eigenvalue weighted by molar-refractivity contribution is 7.74. The fourth-order valence-electron chi connectivity index (χ4n) is 1.39. The van der Waals surface area contributed by atoms with E-state index in [2.05, 4.69) is 4.98 Å². The topological polar surface area (TPSA) is 148 Å². The lowest BCUT2D eigenvalue weighted by atomic mass is 10.2. The summed E-state index contributed by atoms with van der Waals surface area (Å²) in [4.78, 5) is 31.0. The van der Waals surface area contributed by atoms with Crippen LogP contribution < -0.4 is 0 Å². The molecule has 0 radical (unpaired) electrons. The Hall–Kier alpha value is -0.590. The van der Waals surface area contributed by atoms with Crippen LogP contribution in [-0.4, -0.2) is 41.6 Å². The zero-order valence-corrected chi connectivity index (χ0v) is 11.1. The molecule has 5 N–H and O–H groups in total. The Morgan fingerprint density at radius 1 is 1.33 bits per heavy atom. The molecule has 0 aliphatic carbocycles. The van der Waals surface area contributed by atoms with Gasteiger partial charge in [-0.05, 0) is 6.07 Å². The third-order valence-electron chi connectivity index (χ3n) is 2.41. The van der Waals surface area contributed by atoms with E-state index in [1.165, 1.54) is 18.3 Å². The lowest BCUT2D eigenvalue weighted by Gasteiger charge is -2.34. The van der Waals surface area contributed by atoms with Crippen LogP contribution in [0.25, 0.3) is 0 Å². The molecule has 10 heteroatoms. The second-order valence-electron chi connectivity index (χ2n) is 3.80. The van der Waals surface area contributed by atoms with Gasteiger partial charge in [-0.15, -0.1) is 0 Å². The normalized spacial score (nSPS) is 20.8. The molecule has 1 heterocycles. The minimum atomic E-state index is -5.47. The fourth-order valence-corrected chi connectivity index (χ4v) is 4.39. The molecule has 0 fully saturated rings. The summed E-state index contributed by atoms with van der Waals surface area (Å²) in [6.45, 7) is 0.561. The van der Waals surface area contributed by atoms with Crippen LogP contribution in [0.1, 0.15) is 11.7 Å². The van der Waals surface area contributed by atoms with Crippen molar-refractivity contribution in [3.8, 4) is 0 Å². The van der Waals surface area contributed by atoms with Crippen molar-refractivity contribution in [2.24, 2.45) is 0 Å². The lowest BCUT2D eigenvalue weighted by molar-refractivity contribution is 0.0146. The largest absolute Gasteiger partial charge is 0.384 e. The van der Waals surface area contributed by atoms with Crippen molar-refractivity contribution in [2.75, 3.05) is 6.66 Å². The van der Waals surface area contributed by atoms with Crippen molar-refractivity contribution in [3.05, 3.63) is 30.1 Å². The molecule has 1 aromatic rings. The summed E-state index contributed by atoms with van der Waals surface area (Å²) in [5.41, 5.74) is -0.181. The molecule has 0 aromatic carbocycles. The molecule has 3 unspecified atom stereocenters. The molecular weight excluding hydrogens is 284 g/mol. The summed E-state index contributed by atoms with van der Waals surface area (Å²) < 4.78 is 22.8. The maximum atomic E-state index is 11.5. The van der Waals surface area contributed by atoms with Gasteiger partial charge in [0.05, 0.1) is 0 Å². The van der Waals surface area contributed by atoms with Gasteiger partial charge in [0.15, 0.2) is 0 Å². The molecule has 0 amide bonds. The molecule has 1 aromatic heterocycles. The van der Waals surface area contributed by atoms with Crippen molar-refractivity contribution < 1.29 is 34.0 Å². The van der Waals surface area contributed by atoms with E-state index < -0.39 is 26.2 Å². The molecule has 3 atom stereocenters. The van der Waals surface area contributed by atoms with Gasteiger partial charge >= 0.3 is 7.60 Å². The molecule has 0 saturated carbocycles. The summed E-state index contributed by atoms with van der Waals surface area (Å²) >= 11 is 0. The van der Waals surface area contributed by atoms with Crippen LogP contribution in [-0.2, 0) is 9.13 Å². The number of aliphatic hydroxyl groups is 2. The number of aliphatic hydroxyl groups excluding tert-OH is 1. The van der Waals surface area contributed by atoms with Crippen molar-refractivity contribution in [1.82, 2.24) is 4.98 Å². The van der Waals surface area contributed by atoms with E-state index in [4.69, 9.17) is 9.79 Å². The Kier molecular flexibility index (Phi) is 4.15. The second kappa shape index (κ2) is 4.83. The molecule has 0 saturated heterocycles. The first-order valence-electron chi connectivity index (χ1n) is 4.68. The van der Waals surface area contributed by atoms with Crippen LogP contribution in [0.15, 0.2) is 24.5 Å². The van der Waals surface area contributed by atoms with Crippen LogP contribution in [0.2, 0.25) is 0 Å². The van der Waals surface area contributed by atoms with Gasteiger partial charge in [0.2, 0.25) is 7.37 Å². The quantitative estimate of drug-likeness (QED) is 0.481. The van der Waals surface area contributed by atoms with Crippen LogP contribution in [0.3, 0.4) is 0 Å². The molecule has 102 valence electrons. The Morgan fingerprint density at radius 3 is 2.22 bits per heavy atom. The predicted molar refractivity (Wildman–Crippen MR) is 61.9 cm³/mol. The van der Waals surface area contributed by atoms with E-state index in [9.17, 15) is 24.2 Å². The van der Waals surface area contributed by atoms with E-state index >= 15 is 0 Å². The number of hydrogen-bond donors (Lipinski definition) is 5. The SMILES string of the molecule is CP(=O)(O)C(O)(C(O)c1cccnc1)P(=O)(O)O. The van der Waals surface area contributed by atoms with Gasteiger partial charge in [0.25, 0.3) is 5.08 Å². The van der Waals surface area contributed by atoms with E-state index in [0.29, 0.717) is 6.66 Å². The molecule has 0 aliphatic rings. The first-order valence-corrected chi connectivity index (χ1v) is 8.40. The van der Waals surface area contributed by atoms with Crippen LogP contribution >= 0.6 is 15.0 Å². The zero-order chi connectivity index (χ0) is 14.2. The smallest absolute Gasteiger partial charge is 0.370 e. The summed E-state index contributed by atoms with van der Waals surface area (Å²) in [6, 6.07) is 2.56. The minimum absolute atomic E-state index is 0.181. The highest BCUT2D eigenvalue weighted by atomic mass is 31.2. The highest BCUT2D eigenvalue weighted by Crippen LogP contribution is 2.71. The van der Waals surface area contributed by atoms with Gasteiger partial charge in [-0.3, -0.25) is 14.1 Å². The van der Waals surface area contributed by atoms with Crippen molar-refractivity contribution in [1.29, 1.82) is 0 Å². The van der Waals surface area contributed by atoms with Crippen molar-refractivity contribution >= 4 is 15.0 Å². The van der Waals surface area contributed by atoms with E-state index in [-0.39, 0.29) is 5.56 Å². The van der Waals surface area contributed by atoms with Crippen LogP contribution in [0, 0.1) is 0 Å². The maximum Gasteiger partial charge on any atom is 0.370 e. The van der Waals surface area contributed by atoms with E-state index in [1.807, 2.05) is 0 Å². The number of nitrogens with zero attached hydrogens (tertiary/aromatic N) is 1. The first kappa shape index (κ1) is 15.5. The van der Waals surface area contributed by atoms with Crippen LogP contribution in [0.4, 0.5) is 0 Å². The average Bonchev–Trinajstić information content (AvgIpc) is 2.25. The number of pyridine rings is 1.